The first-order chi connectivity index (χ1) is 10.8. The highest BCUT2D eigenvalue weighted by Crippen LogP contribution is 2.44. The number of aliphatic hydroxyl groups is 1. The largest absolute Gasteiger partial charge is 0.372 e. The third-order valence-corrected chi connectivity index (χ3v) is 4.27. The predicted octanol–water partition coefficient (Wildman–Crippen LogP) is 2.85. The van der Waals surface area contributed by atoms with Crippen LogP contribution in [0.5, 0.6) is 0 Å². The summed E-state index contributed by atoms with van der Waals surface area (Å²) in [7, 11) is 0. The number of nitrogens with zero attached hydrogens (tertiary/aromatic N) is 2. The van der Waals surface area contributed by atoms with Crippen molar-refractivity contribution in [2.45, 2.75) is 25.5 Å². The number of nitro benzene ring substituents is 1. The SMILES string of the molecule is CC1(C)c2ccccc2N(C(=O)c2cccc([N+](=O)[O-])c2)[C@@H]1O. The van der Waals surface area contributed by atoms with Gasteiger partial charge in [-0.3, -0.25) is 19.8 Å². The first-order valence-corrected chi connectivity index (χ1v) is 7.19. The van der Waals surface area contributed by atoms with Crippen LogP contribution in [0.3, 0.4) is 0 Å². The van der Waals surface area contributed by atoms with Gasteiger partial charge in [0.15, 0.2) is 0 Å². The Hall–Kier alpha value is -2.73. The smallest absolute Gasteiger partial charge is 0.270 e. The molecular formula is C17H16N2O4. The fourth-order valence-corrected chi connectivity index (χ4v) is 2.93. The molecule has 3 rings (SSSR count). The van der Waals surface area contributed by atoms with Crippen LogP contribution in [0, 0.1) is 10.1 Å². The van der Waals surface area contributed by atoms with Gasteiger partial charge in [-0.15, -0.1) is 0 Å². The van der Waals surface area contributed by atoms with Gasteiger partial charge in [0.1, 0.15) is 6.23 Å². The normalized spacial score (nSPS) is 18.6. The number of hydrogen-bond acceptors (Lipinski definition) is 4. The van der Waals surface area contributed by atoms with E-state index in [-0.39, 0.29) is 11.3 Å². The number of para-hydroxylation sites is 1. The molecule has 23 heavy (non-hydrogen) atoms. The lowest BCUT2D eigenvalue weighted by Gasteiger charge is -2.28. The van der Waals surface area contributed by atoms with Crippen LogP contribution >= 0.6 is 0 Å². The summed E-state index contributed by atoms with van der Waals surface area (Å²) in [5, 5.41) is 21.5. The number of rotatable bonds is 2. The third-order valence-electron chi connectivity index (χ3n) is 4.27. The highest BCUT2D eigenvalue weighted by Gasteiger charge is 2.46. The summed E-state index contributed by atoms with van der Waals surface area (Å²) < 4.78 is 0. The third kappa shape index (κ3) is 2.27. The topological polar surface area (TPSA) is 83.7 Å². The maximum Gasteiger partial charge on any atom is 0.270 e. The zero-order valence-corrected chi connectivity index (χ0v) is 12.8. The Kier molecular flexibility index (Phi) is 3.41. The van der Waals surface area contributed by atoms with Crippen LogP contribution in [-0.2, 0) is 5.41 Å². The van der Waals surface area contributed by atoms with E-state index >= 15 is 0 Å². The Labute approximate surface area is 133 Å². The summed E-state index contributed by atoms with van der Waals surface area (Å²) >= 11 is 0. The molecule has 1 aliphatic rings. The van der Waals surface area contributed by atoms with E-state index in [1.807, 2.05) is 26.0 Å². The molecule has 0 saturated carbocycles. The molecule has 118 valence electrons. The molecule has 1 atom stereocenters. The molecule has 0 unspecified atom stereocenters. The molecule has 6 nitrogen and oxygen atoms in total. The van der Waals surface area contributed by atoms with Gasteiger partial charge in [0.05, 0.1) is 10.6 Å². The van der Waals surface area contributed by atoms with Crippen LogP contribution in [0.1, 0.15) is 29.8 Å². The minimum absolute atomic E-state index is 0.155. The van der Waals surface area contributed by atoms with Crippen LogP contribution < -0.4 is 4.90 Å². The number of carbonyl (C=O) groups is 1. The number of nitro groups is 1. The van der Waals surface area contributed by atoms with E-state index in [2.05, 4.69) is 0 Å². The summed E-state index contributed by atoms with van der Waals surface area (Å²) in [6.45, 7) is 3.72. The van der Waals surface area contributed by atoms with Crippen molar-refractivity contribution in [1.82, 2.24) is 0 Å². The lowest BCUT2D eigenvalue weighted by molar-refractivity contribution is -0.384. The molecule has 0 aromatic heterocycles. The highest BCUT2D eigenvalue weighted by atomic mass is 16.6. The lowest BCUT2D eigenvalue weighted by Crippen LogP contribution is -2.44. The lowest BCUT2D eigenvalue weighted by atomic mass is 9.85. The Morgan fingerprint density at radius 3 is 2.61 bits per heavy atom. The van der Waals surface area contributed by atoms with Crippen molar-refractivity contribution in [3.63, 3.8) is 0 Å². The first-order valence-electron chi connectivity index (χ1n) is 7.19. The number of hydrogen-bond donors (Lipinski definition) is 1. The molecule has 0 spiro atoms. The highest BCUT2D eigenvalue weighted by molar-refractivity contribution is 6.08. The second kappa shape index (κ2) is 5.17. The van der Waals surface area contributed by atoms with Crippen molar-refractivity contribution >= 4 is 17.3 Å². The zero-order valence-electron chi connectivity index (χ0n) is 12.8. The number of anilines is 1. The number of benzene rings is 2. The van der Waals surface area contributed by atoms with E-state index in [1.54, 1.807) is 12.1 Å². The van der Waals surface area contributed by atoms with Gasteiger partial charge in [-0.25, -0.2) is 0 Å². The predicted molar refractivity (Wildman–Crippen MR) is 85.4 cm³/mol. The van der Waals surface area contributed by atoms with Crippen LogP contribution in [0.2, 0.25) is 0 Å². The van der Waals surface area contributed by atoms with Crippen molar-refractivity contribution in [3.05, 3.63) is 69.8 Å². The van der Waals surface area contributed by atoms with Crippen molar-refractivity contribution in [3.8, 4) is 0 Å². The fraction of sp³-hybridized carbons (Fsp3) is 0.235. The minimum Gasteiger partial charge on any atom is -0.372 e. The van der Waals surface area contributed by atoms with Crippen LogP contribution in [-0.4, -0.2) is 22.2 Å². The Balaban J connectivity index is 2.07. The van der Waals surface area contributed by atoms with Gasteiger partial charge in [-0.1, -0.05) is 38.1 Å². The molecule has 1 heterocycles. The minimum atomic E-state index is -1.04. The van der Waals surface area contributed by atoms with E-state index in [1.165, 1.54) is 29.2 Å². The maximum absolute atomic E-state index is 12.8. The molecule has 0 saturated heterocycles. The molecule has 0 aliphatic carbocycles. The average Bonchev–Trinajstić information content (AvgIpc) is 2.74. The van der Waals surface area contributed by atoms with Crippen molar-refractivity contribution in [1.29, 1.82) is 0 Å². The standard InChI is InChI=1S/C17H16N2O4/c1-17(2)13-8-3-4-9-14(13)18(16(17)21)15(20)11-6-5-7-12(10-11)19(22)23/h3-10,16,21H,1-2H3/t16-/m1/s1. The second-order valence-corrected chi connectivity index (χ2v) is 6.10. The summed E-state index contributed by atoms with van der Waals surface area (Å²) in [4.78, 5) is 24.5. The molecule has 0 radical (unpaired) electrons. The van der Waals surface area contributed by atoms with E-state index in [4.69, 9.17) is 0 Å². The van der Waals surface area contributed by atoms with Gasteiger partial charge < -0.3 is 5.11 Å². The number of fused-ring (bicyclic) bond motifs is 1. The van der Waals surface area contributed by atoms with Crippen LogP contribution in [0.15, 0.2) is 48.5 Å². The van der Waals surface area contributed by atoms with E-state index in [0.29, 0.717) is 5.69 Å². The average molecular weight is 312 g/mol. The van der Waals surface area contributed by atoms with Gasteiger partial charge in [-0.2, -0.15) is 0 Å². The Morgan fingerprint density at radius 1 is 1.22 bits per heavy atom. The van der Waals surface area contributed by atoms with E-state index in [9.17, 15) is 20.0 Å². The number of amides is 1. The number of aliphatic hydroxyl groups excluding tert-OH is 1. The van der Waals surface area contributed by atoms with E-state index < -0.39 is 22.5 Å². The number of non-ortho nitro benzene ring substituents is 1. The van der Waals surface area contributed by atoms with Gasteiger partial charge >= 0.3 is 0 Å². The molecule has 0 fully saturated rings. The molecule has 0 bridgehead atoms. The van der Waals surface area contributed by atoms with Crippen molar-refractivity contribution in [2.24, 2.45) is 0 Å². The molecular weight excluding hydrogens is 296 g/mol. The molecule has 2 aromatic carbocycles. The summed E-state index contributed by atoms with van der Waals surface area (Å²) in [6, 6.07) is 12.8. The number of carbonyl (C=O) groups excluding carboxylic acids is 1. The monoisotopic (exact) mass is 312 g/mol. The summed E-state index contributed by atoms with van der Waals surface area (Å²) in [5.41, 5.74) is 0.892. The summed E-state index contributed by atoms with van der Waals surface area (Å²) in [5.74, 6) is -0.459. The Bertz CT molecular complexity index is 801. The second-order valence-electron chi connectivity index (χ2n) is 6.10. The van der Waals surface area contributed by atoms with Crippen LogP contribution in [0.4, 0.5) is 11.4 Å². The van der Waals surface area contributed by atoms with Crippen LogP contribution in [0.25, 0.3) is 0 Å². The van der Waals surface area contributed by atoms with Gasteiger partial charge in [-0.05, 0) is 17.7 Å². The molecule has 2 aromatic rings. The molecule has 1 N–H and O–H groups in total. The first kappa shape index (κ1) is 15.2. The fourth-order valence-electron chi connectivity index (χ4n) is 2.93. The molecule has 6 heteroatoms. The quantitative estimate of drug-likeness (QED) is 0.682. The molecule has 1 amide bonds. The van der Waals surface area contributed by atoms with Crippen molar-refractivity contribution < 1.29 is 14.8 Å². The maximum atomic E-state index is 12.8. The molecule has 1 aliphatic heterocycles. The van der Waals surface area contributed by atoms with Crippen molar-refractivity contribution in [2.75, 3.05) is 4.90 Å². The van der Waals surface area contributed by atoms with Gasteiger partial charge in [0, 0.05) is 23.1 Å². The Morgan fingerprint density at radius 2 is 1.91 bits per heavy atom. The van der Waals surface area contributed by atoms with Gasteiger partial charge in [0.2, 0.25) is 0 Å². The summed E-state index contributed by atoms with van der Waals surface area (Å²) in [6.07, 6.45) is -1.04. The van der Waals surface area contributed by atoms with E-state index in [0.717, 1.165) is 5.56 Å². The zero-order chi connectivity index (χ0) is 16.8. The van der Waals surface area contributed by atoms with Gasteiger partial charge in [0.25, 0.3) is 11.6 Å².